The van der Waals surface area contributed by atoms with Crippen LogP contribution in [-0.4, -0.2) is 11.0 Å². The van der Waals surface area contributed by atoms with Crippen LogP contribution in [0.2, 0.25) is 0 Å². The van der Waals surface area contributed by atoms with Gasteiger partial charge in [-0.3, -0.25) is 0 Å². The standard InChI is InChI=1S/C10H22.2H2O/c1-3-5-7-9-10-8-6-4-2;;/h3-10H2,1-2H3;2*1H2. The van der Waals surface area contributed by atoms with Crippen molar-refractivity contribution in [3.8, 4) is 0 Å². The highest BCUT2D eigenvalue weighted by molar-refractivity contribution is 4.43. The van der Waals surface area contributed by atoms with Crippen LogP contribution in [0, 0.1) is 0 Å². The summed E-state index contributed by atoms with van der Waals surface area (Å²) in [4.78, 5) is 0. The molecule has 0 aromatic rings. The minimum absolute atomic E-state index is 0. The summed E-state index contributed by atoms with van der Waals surface area (Å²) in [6, 6.07) is 0. The lowest BCUT2D eigenvalue weighted by atomic mass is 10.1. The van der Waals surface area contributed by atoms with Gasteiger partial charge in [0.05, 0.1) is 0 Å². The fourth-order valence-corrected chi connectivity index (χ4v) is 1.21. The predicted octanol–water partition coefficient (Wildman–Crippen LogP) is 2.50. The van der Waals surface area contributed by atoms with Gasteiger partial charge in [0.25, 0.3) is 0 Å². The van der Waals surface area contributed by atoms with Gasteiger partial charge in [-0.05, 0) is 0 Å². The highest BCUT2D eigenvalue weighted by Gasteiger charge is 1.87. The van der Waals surface area contributed by atoms with Crippen molar-refractivity contribution in [3.05, 3.63) is 0 Å². The molecular weight excluding hydrogens is 152 g/mol. The normalized spacial score (nSPS) is 8.50. The first-order valence-corrected chi connectivity index (χ1v) is 4.91. The third-order valence-corrected chi connectivity index (χ3v) is 1.96. The monoisotopic (exact) mass is 178 g/mol. The third-order valence-electron chi connectivity index (χ3n) is 1.96. The molecule has 2 nitrogen and oxygen atoms in total. The summed E-state index contributed by atoms with van der Waals surface area (Å²) >= 11 is 0. The van der Waals surface area contributed by atoms with Crippen molar-refractivity contribution in [3.63, 3.8) is 0 Å². The van der Waals surface area contributed by atoms with E-state index >= 15 is 0 Å². The third kappa shape index (κ3) is 16.5. The molecule has 0 aromatic heterocycles. The van der Waals surface area contributed by atoms with Gasteiger partial charge in [0.15, 0.2) is 0 Å². The molecule has 0 aliphatic carbocycles. The van der Waals surface area contributed by atoms with E-state index in [1.165, 1.54) is 51.4 Å². The summed E-state index contributed by atoms with van der Waals surface area (Å²) in [5.41, 5.74) is 0. The van der Waals surface area contributed by atoms with Crippen molar-refractivity contribution in [2.75, 3.05) is 0 Å². The molecule has 0 spiro atoms. The Labute approximate surface area is 77.0 Å². The van der Waals surface area contributed by atoms with Gasteiger partial charge in [-0.25, -0.2) is 0 Å². The van der Waals surface area contributed by atoms with Gasteiger partial charge < -0.3 is 11.0 Å². The van der Waals surface area contributed by atoms with Gasteiger partial charge in [-0.1, -0.05) is 65.2 Å². The fourth-order valence-electron chi connectivity index (χ4n) is 1.21. The highest BCUT2D eigenvalue weighted by atomic mass is 16.0. The van der Waals surface area contributed by atoms with Gasteiger partial charge in [0.2, 0.25) is 0 Å². The fraction of sp³-hybridized carbons (Fsp3) is 1.00. The second kappa shape index (κ2) is 17.1. The largest absolute Gasteiger partial charge is 0.412 e. The molecule has 0 bridgehead atoms. The summed E-state index contributed by atoms with van der Waals surface area (Å²) in [6.45, 7) is 4.54. The topological polar surface area (TPSA) is 63.0 Å². The van der Waals surface area contributed by atoms with E-state index in [1.54, 1.807) is 0 Å². The number of rotatable bonds is 7. The molecule has 0 aliphatic heterocycles. The Morgan fingerprint density at radius 3 is 1.00 bits per heavy atom. The van der Waals surface area contributed by atoms with Gasteiger partial charge >= 0.3 is 0 Å². The van der Waals surface area contributed by atoms with E-state index in [0.717, 1.165) is 0 Å². The first kappa shape index (κ1) is 17.9. The molecule has 0 unspecified atom stereocenters. The van der Waals surface area contributed by atoms with Crippen molar-refractivity contribution >= 4 is 0 Å². The number of unbranched alkanes of at least 4 members (excludes halogenated alkanes) is 7. The Bertz CT molecular complexity index is 47.8. The summed E-state index contributed by atoms with van der Waals surface area (Å²) < 4.78 is 0. The molecule has 0 saturated carbocycles. The molecule has 12 heavy (non-hydrogen) atoms. The summed E-state index contributed by atoms with van der Waals surface area (Å²) in [5, 5.41) is 0. The van der Waals surface area contributed by atoms with E-state index < -0.39 is 0 Å². The molecule has 0 rings (SSSR count). The molecule has 0 fully saturated rings. The van der Waals surface area contributed by atoms with E-state index in [2.05, 4.69) is 13.8 Å². The Hall–Kier alpha value is -0.0800. The van der Waals surface area contributed by atoms with Gasteiger partial charge in [-0.2, -0.15) is 0 Å². The lowest BCUT2D eigenvalue weighted by molar-refractivity contribution is 0.585. The van der Waals surface area contributed by atoms with Crippen LogP contribution in [0.1, 0.15) is 65.2 Å². The minimum Gasteiger partial charge on any atom is -0.412 e. The summed E-state index contributed by atoms with van der Waals surface area (Å²) in [7, 11) is 0. The molecule has 2 heteroatoms. The maximum Gasteiger partial charge on any atom is -0.0533 e. The minimum atomic E-state index is 0. The molecule has 0 aromatic carbocycles. The van der Waals surface area contributed by atoms with Crippen LogP contribution < -0.4 is 0 Å². The van der Waals surface area contributed by atoms with Crippen molar-refractivity contribution in [1.82, 2.24) is 0 Å². The second-order valence-corrected chi connectivity index (χ2v) is 3.12. The molecular formula is C10H26O2. The lowest BCUT2D eigenvalue weighted by Gasteiger charge is -1.97. The van der Waals surface area contributed by atoms with Crippen LogP contribution in [0.15, 0.2) is 0 Å². The molecule has 0 amide bonds. The van der Waals surface area contributed by atoms with E-state index in [4.69, 9.17) is 0 Å². The SMILES string of the molecule is CCCCCCCCCC.O.O. The predicted molar refractivity (Wildman–Crippen MR) is 55.5 cm³/mol. The second-order valence-electron chi connectivity index (χ2n) is 3.12. The molecule has 4 N–H and O–H groups in total. The van der Waals surface area contributed by atoms with Crippen LogP contribution >= 0.6 is 0 Å². The Morgan fingerprint density at radius 1 is 0.500 bits per heavy atom. The molecule has 0 atom stereocenters. The van der Waals surface area contributed by atoms with Crippen LogP contribution in [0.25, 0.3) is 0 Å². The first-order chi connectivity index (χ1) is 4.91. The highest BCUT2D eigenvalue weighted by Crippen LogP contribution is 2.07. The summed E-state index contributed by atoms with van der Waals surface area (Å²) in [5.74, 6) is 0. The zero-order chi connectivity index (χ0) is 7.66. The molecule has 0 saturated heterocycles. The zero-order valence-corrected chi connectivity index (χ0v) is 8.66. The van der Waals surface area contributed by atoms with Crippen LogP contribution in [0.5, 0.6) is 0 Å². The molecule has 78 valence electrons. The van der Waals surface area contributed by atoms with E-state index in [0.29, 0.717) is 0 Å². The maximum absolute atomic E-state index is 2.27. The van der Waals surface area contributed by atoms with Crippen molar-refractivity contribution in [2.45, 2.75) is 65.2 Å². The smallest absolute Gasteiger partial charge is 0.0533 e. The molecule has 0 heterocycles. The summed E-state index contributed by atoms with van der Waals surface area (Å²) in [6.07, 6.45) is 11.5. The Morgan fingerprint density at radius 2 is 0.750 bits per heavy atom. The van der Waals surface area contributed by atoms with Crippen LogP contribution in [0.4, 0.5) is 0 Å². The van der Waals surface area contributed by atoms with E-state index in [9.17, 15) is 0 Å². The van der Waals surface area contributed by atoms with Gasteiger partial charge in [-0.15, -0.1) is 0 Å². The van der Waals surface area contributed by atoms with Crippen molar-refractivity contribution in [1.29, 1.82) is 0 Å². The van der Waals surface area contributed by atoms with E-state index in [1.807, 2.05) is 0 Å². The van der Waals surface area contributed by atoms with Gasteiger partial charge in [0, 0.05) is 0 Å². The number of hydrogen-bond donors (Lipinski definition) is 0. The average molecular weight is 178 g/mol. The van der Waals surface area contributed by atoms with Crippen LogP contribution in [0.3, 0.4) is 0 Å². The molecule has 0 radical (unpaired) electrons. The molecule has 0 aliphatic rings. The Kier molecular flexibility index (Phi) is 25.5. The lowest BCUT2D eigenvalue weighted by Crippen LogP contribution is -1.77. The van der Waals surface area contributed by atoms with Crippen molar-refractivity contribution in [2.24, 2.45) is 0 Å². The Balaban J connectivity index is -0.000000405. The average Bonchev–Trinajstić information content (AvgIpc) is 1.97. The van der Waals surface area contributed by atoms with E-state index in [-0.39, 0.29) is 11.0 Å². The zero-order valence-electron chi connectivity index (χ0n) is 8.66. The maximum atomic E-state index is 2.27. The van der Waals surface area contributed by atoms with Crippen molar-refractivity contribution < 1.29 is 11.0 Å². The van der Waals surface area contributed by atoms with Crippen LogP contribution in [-0.2, 0) is 0 Å². The first-order valence-electron chi connectivity index (χ1n) is 4.91. The van der Waals surface area contributed by atoms with Gasteiger partial charge in [0.1, 0.15) is 0 Å². The number of hydrogen-bond acceptors (Lipinski definition) is 0. The quantitative estimate of drug-likeness (QED) is 0.538.